The van der Waals surface area contributed by atoms with Crippen LogP contribution in [-0.4, -0.2) is 56.5 Å². The Morgan fingerprint density at radius 3 is 2.18 bits per heavy atom. The Morgan fingerprint density at radius 1 is 1.00 bits per heavy atom. The van der Waals surface area contributed by atoms with Gasteiger partial charge in [-0.2, -0.15) is 0 Å². The summed E-state index contributed by atoms with van der Waals surface area (Å²) >= 11 is 11.9. The number of carbonyl (C=O) groups is 3. The van der Waals surface area contributed by atoms with E-state index in [1.807, 2.05) is 43.3 Å². The van der Waals surface area contributed by atoms with Crippen molar-refractivity contribution in [2.24, 2.45) is 5.92 Å². The third kappa shape index (κ3) is 7.65. The Balaban J connectivity index is 1.93. The maximum atomic E-state index is 12.6. The van der Waals surface area contributed by atoms with E-state index in [0.717, 1.165) is 11.3 Å². The van der Waals surface area contributed by atoms with Gasteiger partial charge in [-0.15, -0.1) is 0 Å². The Labute approximate surface area is 204 Å². The predicted octanol–water partition coefficient (Wildman–Crippen LogP) is 4.02. The zero-order valence-electron chi connectivity index (χ0n) is 19.4. The molecule has 0 saturated carbocycles. The van der Waals surface area contributed by atoms with E-state index in [0.29, 0.717) is 11.6 Å². The van der Waals surface area contributed by atoms with Gasteiger partial charge in [0, 0.05) is 38.4 Å². The maximum absolute atomic E-state index is 12.6. The Hall–Kier alpha value is -2.77. The number of hydrogen-bond acceptors (Lipinski definition) is 5. The number of esters is 1. The molecule has 0 aliphatic rings. The fourth-order valence-corrected chi connectivity index (χ4v) is 3.48. The lowest BCUT2D eigenvalue weighted by molar-refractivity contribution is -0.154. The number of hydrogen-bond donors (Lipinski definition) is 1. The van der Waals surface area contributed by atoms with Gasteiger partial charge in [-0.05, 0) is 41.8 Å². The smallest absolute Gasteiger partial charge is 0.329 e. The summed E-state index contributed by atoms with van der Waals surface area (Å²) in [5, 5.41) is 3.20. The Morgan fingerprint density at radius 2 is 1.64 bits per heavy atom. The fourth-order valence-electron chi connectivity index (χ4n) is 2.98. The summed E-state index contributed by atoms with van der Waals surface area (Å²) in [5.74, 6) is -1.84. The number of halogens is 2. The molecule has 33 heavy (non-hydrogen) atoms. The molecule has 0 saturated heterocycles. The van der Waals surface area contributed by atoms with Gasteiger partial charge >= 0.3 is 5.97 Å². The summed E-state index contributed by atoms with van der Waals surface area (Å²) in [6.07, 6.45) is 0. The van der Waals surface area contributed by atoms with Crippen LogP contribution in [0.5, 0.6) is 0 Å². The average Bonchev–Trinajstić information content (AvgIpc) is 2.75. The zero-order valence-corrected chi connectivity index (χ0v) is 20.9. The first-order valence-corrected chi connectivity index (χ1v) is 11.2. The van der Waals surface area contributed by atoms with E-state index >= 15 is 0 Å². The van der Waals surface area contributed by atoms with Gasteiger partial charge in [0.15, 0.2) is 6.61 Å². The van der Waals surface area contributed by atoms with Gasteiger partial charge in [-0.25, -0.2) is 4.79 Å². The van der Waals surface area contributed by atoms with Crippen molar-refractivity contribution in [3.8, 4) is 0 Å². The third-order valence-corrected chi connectivity index (χ3v) is 5.57. The molecule has 2 aromatic carbocycles. The van der Waals surface area contributed by atoms with Gasteiger partial charge in [0.2, 0.25) is 0 Å². The zero-order chi connectivity index (χ0) is 24.7. The lowest BCUT2D eigenvalue weighted by Gasteiger charge is -2.22. The number of anilines is 1. The maximum Gasteiger partial charge on any atom is 0.329 e. The molecule has 0 aromatic heterocycles. The van der Waals surface area contributed by atoms with E-state index in [9.17, 15) is 14.4 Å². The van der Waals surface area contributed by atoms with E-state index in [-0.39, 0.29) is 22.4 Å². The average molecular weight is 494 g/mol. The molecule has 0 fully saturated rings. The minimum Gasteiger partial charge on any atom is -0.454 e. The second-order valence-corrected chi connectivity index (χ2v) is 9.08. The van der Waals surface area contributed by atoms with Crippen molar-refractivity contribution >= 4 is 46.7 Å². The summed E-state index contributed by atoms with van der Waals surface area (Å²) in [4.78, 5) is 41.1. The first-order valence-electron chi connectivity index (χ1n) is 10.4. The number of carbonyl (C=O) groups excluding carboxylic acids is 3. The lowest BCUT2D eigenvalue weighted by atomic mass is 10.0. The van der Waals surface area contributed by atoms with Crippen LogP contribution in [0.4, 0.5) is 5.69 Å². The highest BCUT2D eigenvalue weighted by Crippen LogP contribution is 2.21. The summed E-state index contributed by atoms with van der Waals surface area (Å²) < 4.78 is 5.22. The lowest BCUT2D eigenvalue weighted by Crippen LogP contribution is -2.46. The van der Waals surface area contributed by atoms with Crippen LogP contribution in [0.2, 0.25) is 10.0 Å². The quantitative estimate of drug-likeness (QED) is 0.533. The second-order valence-electron chi connectivity index (χ2n) is 8.24. The minimum atomic E-state index is -0.944. The van der Waals surface area contributed by atoms with Crippen LogP contribution in [0.3, 0.4) is 0 Å². The van der Waals surface area contributed by atoms with E-state index in [4.69, 9.17) is 27.9 Å². The monoisotopic (exact) mass is 493 g/mol. The molecule has 0 radical (unpaired) electrons. The van der Waals surface area contributed by atoms with Crippen LogP contribution in [0, 0.1) is 5.92 Å². The molecule has 1 N–H and O–H groups in total. The molecule has 2 rings (SSSR count). The molecule has 9 heteroatoms. The first kappa shape index (κ1) is 26.5. The highest BCUT2D eigenvalue weighted by Gasteiger charge is 2.28. The van der Waals surface area contributed by atoms with Crippen molar-refractivity contribution in [2.75, 3.05) is 32.6 Å². The first-order chi connectivity index (χ1) is 15.5. The highest BCUT2D eigenvalue weighted by molar-refractivity contribution is 6.36. The molecule has 0 bridgehead atoms. The van der Waals surface area contributed by atoms with Gasteiger partial charge in [0.25, 0.3) is 11.8 Å². The molecule has 0 aliphatic carbocycles. The van der Waals surface area contributed by atoms with Crippen LogP contribution >= 0.6 is 23.2 Å². The molecule has 178 valence electrons. The summed E-state index contributed by atoms with van der Waals surface area (Å²) in [6, 6.07) is 11.3. The molecular weight excluding hydrogens is 465 g/mol. The molecule has 2 amide bonds. The van der Waals surface area contributed by atoms with Gasteiger partial charge in [-0.3, -0.25) is 9.59 Å². The number of rotatable bonds is 9. The largest absolute Gasteiger partial charge is 0.454 e. The van der Waals surface area contributed by atoms with E-state index < -0.39 is 24.5 Å². The second kappa shape index (κ2) is 11.9. The minimum absolute atomic E-state index is 0.172. The van der Waals surface area contributed by atoms with Crippen molar-refractivity contribution in [2.45, 2.75) is 26.4 Å². The van der Waals surface area contributed by atoms with Crippen LogP contribution < -0.4 is 10.2 Å². The normalized spacial score (nSPS) is 11.6. The molecular formula is C24H29Cl2N3O4. The number of nitrogens with zero attached hydrogens (tertiary/aromatic N) is 2. The van der Waals surface area contributed by atoms with Crippen LogP contribution in [-0.2, 0) is 20.9 Å². The number of amides is 2. The van der Waals surface area contributed by atoms with Gasteiger partial charge < -0.3 is 19.9 Å². The molecule has 7 nitrogen and oxygen atoms in total. The van der Waals surface area contributed by atoms with Gasteiger partial charge in [-0.1, -0.05) is 49.2 Å². The van der Waals surface area contributed by atoms with Crippen LogP contribution in [0.15, 0.2) is 42.5 Å². The van der Waals surface area contributed by atoms with Gasteiger partial charge in [0.1, 0.15) is 6.04 Å². The molecule has 0 aliphatic heterocycles. The standard InChI is InChI=1S/C24H29Cl2N3O4/c1-15(2)22(27-23(31)19-11-8-17(25)12-20(19)26)24(32)33-14-21(30)29(5)13-16-6-9-18(10-7-16)28(3)4/h6-12,15,22H,13-14H2,1-5H3,(H,27,31)/t22-/m0/s1. The SMILES string of the molecule is CC(C)[C@H](NC(=O)c1ccc(Cl)cc1Cl)C(=O)OCC(=O)N(C)Cc1ccc(N(C)C)cc1. The van der Waals surface area contributed by atoms with E-state index in [1.165, 1.54) is 23.1 Å². The van der Waals surface area contributed by atoms with Crippen molar-refractivity contribution in [1.29, 1.82) is 0 Å². The summed E-state index contributed by atoms with van der Waals surface area (Å²) in [7, 11) is 5.55. The van der Waals surface area contributed by atoms with Crippen LogP contribution in [0.25, 0.3) is 0 Å². The van der Waals surface area contributed by atoms with Crippen molar-refractivity contribution < 1.29 is 19.1 Å². The topological polar surface area (TPSA) is 78.9 Å². The number of nitrogens with one attached hydrogen (secondary N) is 1. The summed E-state index contributed by atoms with van der Waals surface area (Å²) in [6.45, 7) is 3.48. The van der Waals surface area contributed by atoms with Crippen molar-refractivity contribution in [3.63, 3.8) is 0 Å². The van der Waals surface area contributed by atoms with E-state index in [1.54, 1.807) is 20.9 Å². The molecule has 1 atom stereocenters. The molecule has 2 aromatic rings. The molecule has 0 spiro atoms. The number of ether oxygens (including phenoxy) is 1. The number of benzene rings is 2. The van der Waals surface area contributed by atoms with Crippen molar-refractivity contribution in [3.05, 3.63) is 63.6 Å². The fraction of sp³-hybridized carbons (Fsp3) is 0.375. The van der Waals surface area contributed by atoms with Crippen molar-refractivity contribution in [1.82, 2.24) is 10.2 Å². The summed E-state index contributed by atoms with van der Waals surface area (Å²) in [5.41, 5.74) is 2.20. The molecule has 0 unspecified atom stereocenters. The molecule has 0 heterocycles. The predicted molar refractivity (Wildman–Crippen MR) is 131 cm³/mol. The number of likely N-dealkylation sites (N-methyl/N-ethyl adjacent to an activating group) is 1. The van der Waals surface area contributed by atoms with Crippen LogP contribution in [0.1, 0.15) is 29.8 Å². The van der Waals surface area contributed by atoms with Gasteiger partial charge in [0.05, 0.1) is 10.6 Å². The van der Waals surface area contributed by atoms with E-state index in [2.05, 4.69) is 5.32 Å². The third-order valence-electron chi connectivity index (χ3n) is 5.02. The highest BCUT2D eigenvalue weighted by atomic mass is 35.5. The Kier molecular flexibility index (Phi) is 9.56. The Bertz CT molecular complexity index is 994.